The van der Waals surface area contributed by atoms with Gasteiger partial charge in [0, 0.05) is 13.6 Å². The minimum atomic E-state index is -0.310. The first-order valence-electron chi connectivity index (χ1n) is 5.75. The van der Waals surface area contributed by atoms with Gasteiger partial charge in [-0.05, 0) is 31.2 Å². The average molecular weight is 235 g/mol. The summed E-state index contributed by atoms with van der Waals surface area (Å²) in [5.74, 6) is -0.310. The zero-order valence-electron chi connectivity index (χ0n) is 9.61. The van der Waals surface area contributed by atoms with E-state index in [0.717, 1.165) is 25.0 Å². The lowest BCUT2D eigenvalue weighted by atomic mass is 10.2. The lowest BCUT2D eigenvalue weighted by Crippen LogP contribution is -2.27. The van der Waals surface area contributed by atoms with Gasteiger partial charge >= 0.3 is 5.69 Å². The second-order valence-electron chi connectivity index (χ2n) is 4.49. The van der Waals surface area contributed by atoms with Gasteiger partial charge in [-0.1, -0.05) is 0 Å². The zero-order chi connectivity index (χ0) is 12.0. The third-order valence-electron chi connectivity index (χ3n) is 3.45. The number of rotatable bonds is 1. The highest BCUT2D eigenvalue weighted by atomic mass is 19.1. The Bertz CT molecular complexity index is 622. The summed E-state index contributed by atoms with van der Waals surface area (Å²) in [4.78, 5) is 12.2. The van der Waals surface area contributed by atoms with Gasteiger partial charge in [-0.2, -0.15) is 0 Å². The van der Waals surface area contributed by atoms with E-state index >= 15 is 0 Å². The van der Waals surface area contributed by atoms with E-state index in [4.69, 9.17) is 0 Å². The normalized spacial score (nSPS) is 20.2. The number of benzene rings is 1. The molecule has 2 aromatic rings. The SMILES string of the molecule is Cn1c(=O)n(C2CCNC2)c2ccc(F)cc21. The van der Waals surface area contributed by atoms with Crippen molar-refractivity contribution in [3.05, 3.63) is 34.5 Å². The van der Waals surface area contributed by atoms with E-state index in [1.165, 1.54) is 16.7 Å². The van der Waals surface area contributed by atoms with E-state index in [2.05, 4.69) is 5.32 Å². The Morgan fingerprint density at radius 2 is 2.24 bits per heavy atom. The highest BCUT2D eigenvalue weighted by Gasteiger charge is 2.22. The Labute approximate surface area is 97.7 Å². The molecular formula is C12H14FN3O. The molecule has 0 aliphatic carbocycles. The summed E-state index contributed by atoms with van der Waals surface area (Å²) >= 11 is 0. The van der Waals surface area contributed by atoms with Gasteiger partial charge in [0.15, 0.2) is 0 Å². The van der Waals surface area contributed by atoms with Gasteiger partial charge < -0.3 is 5.32 Å². The van der Waals surface area contributed by atoms with Crippen LogP contribution in [0.3, 0.4) is 0 Å². The minimum absolute atomic E-state index is 0.0701. The van der Waals surface area contributed by atoms with Crippen LogP contribution >= 0.6 is 0 Å². The minimum Gasteiger partial charge on any atom is -0.315 e. The molecule has 1 aliphatic heterocycles. The van der Waals surface area contributed by atoms with Crippen molar-refractivity contribution in [2.24, 2.45) is 7.05 Å². The first kappa shape index (κ1) is 10.5. The molecule has 0 saturated carbocycles. The Hall–Kier alpha value is -1.62. The lowest BCUT2D eigenvalue weighted by Gasteiger charge is -2.10. The second kappa shape index (κ2) is 3.70. The van der Waals surface area contributed by atoms with Crippen molar-refractivity contribution in [2.75, 3.05) is 13.1 Å². The fraction of sp³-hybridized carbons (Fsp3) is 0.417. The van der Waals surface area contributed by atoms with Crippen molar-refractivity contribution in [3.63, 3.8) is 0 Å². The van der Waals surface area contributed by atoms with Crippen molar-refractivity contribution in [1.29, 1.82) is 0 Å². The van der Waals surface area contributed by atoms with Crippen LogP contribution in [0.1, 0.15) is 12.5 Å². The van der Waals surface area contributed by atoms with Crippen molar-refractivity contribution in [3.8, 4) is 0 Å². The van der Waals surface area contributed by atoms with Crippen molar-refractivity contribution < 1.29 is 4.39 Å². The Morgan fingerprint density at radius 3 is 2.94 bits per heavy atom. The van der Waals surface area contributed by atoms with Crippen molar-refractivity contribution >= 4 is 11.0 Å². The van der Waals surface area contributed by atoms with Crippen LogP contribution in [0, 0.1) is 5.82 Å². The fourth-order valence-corrected chi connectivity index (χ4v) is 2.55. The molecule has 1 aromatic heterocycles. The summed E-state index contributed by atoms with van der Waals surface area (Å²) in [5, 5.41) is 3.24. The summed E-state index contributed by atoms with van der Waals surface area (Å²) in [6, 6.07) is 4.68. The fourth-order valence-electron chi connectivity index (χ4n) is 2.55. The van der Waals surface area contributed by atoms with Gasteiger partial charge in [0.1, 0.15) is 5.82 Å². The quantitative estimate of drug-likeness (QED) is 0.801. The number of fused-ring (bicyclic) bond motifs is 1. The van der Waals surface area contributed by atoms with E-state index in [1.807, 2.05) is 0 Å². The molecule has 0 bridgehead atoms. The third kappa shape index (κ3) is 1.50. The van der Waals surface area contributed by atoms with Gasteiger partial charge in [-0.15, -0.1) is 0 Å². The predicted octanol–water partition coefficient (Wildman–Crippen LogP) is 1.01. The molecule has 0 spiro atoms. The van der Waals surface area contributed by atoms with Crippen LogP contribution in [0.5, 0.6) is 0 Å². The first-order valence-corrected chi connectivity index (χ1v) is 5.75. The van der Waals surface area contributed by atoms with Crippen molar-refractivity contribution in [1.82, 2.24) is 14.5 Å². The summed E-state index contributed by atoms with van der Waals surface area (Å²) in [7, 11) is 1.68. The topological polar surface area (TPSA) is 39.0 Å². The standard InChI is InChI=1S/C12H14FN3O/c1-15-11-6-8(13)2-3-10(11)16(12(15)17)9-4-5-14-7-9/h2-3,6,9,14H,4-5,7H2,1H3. The van der Waals surface area contributed by atoms with Gasteiger partial charge in [0.25, 0.3) is 0 Å². The monoisotopic (exact) mass is 235 g/mol. The van der Waals surface area contributed by atoms with Crippen LogP contribution in [0.4, 0.5) is 4.39 Å². The second-order valence-corrected chi connectivity index (χ2v) is 4.49. The van der Waals surface area contributed by atoms with E-state index < -0.39 is 0 Å². The molecule has 1 atom stereocenters. The predicted molar refractivity (Wildman–Crippen MR) is 63.7 cm³/mol. The molecule has 1 saturated heterocycles. The molecule has 1 unspecified atom stereocenters. The molecule has 0 amide bonds. The number of halogens is 1. The number of nitrogens with one attached hydrogen (secondary N) is 1. The van der Waals surface area contributed by atoms with E-state index in [0.29, 0.717) is 5.52 Å². The summed E-state index contributed by atoms with van der Waals surface area (Å²) in [6.07, 6.45) is 0.941. The van der Waals surface area contributed by atoms with Gasteiger partial charge in [-0.25, -0.2) is 9.18 Å². The maximum absolute atomic E-state index is 13.2. The summed E-state index contributed by atoms with van der Waals surface area (Å²) < 4.78 is 16.5. The van der Waals surface area contributed by atoms with Crippen LogP contribution in [-0.2, 0) is 7.05 Å². The van der Waals surface area contributed by atoms with Crippen LogP contribution in [0.25, 0.3) is 11.0 Å². The Balaban J connectivity index is 2.30. The molecule has 4 nitrogen and oxygen atoms in total. The smallest absolute Gasteiger partial charge is 0.315 e. The van der Waals surface area contributed by atoms with Crippen LogP contribution in [0.2, 0.25) is 0 Å². The molecule has 2 heterocycles. The third-order valence-corrected chi connectivity index (χ3v) is 3.45. The molecule has 0 radical (unpaired) electrons. The molecule has 1 aromatic carbocycles. The number of aromatic nitrogens is 2. The lowest BCUT2D eigenvalue weighted by molar-refractivity contribution is 0.535. The molecule has 1 fully saturated rings. The zero-order valence-corrected chi connectivity index (χ0v) is 9.61. The van der Waals surface area contributed by atoms with Crippen LogP contribution < -0.4 is 11.0 Å². The Kier molecular flexibility index (Phi) is 2.29. The molecule has 1 N–H and O–H groups in total. The highest BCUT2D eigenvalue weighted by Crippen LogP contribution is 2.21. The number of hydrogen-bond donors (Lipinski definition) is 1. The van der Waals surface area contributed by atoms with E-state index in [1.54, 1.807) is 17.7 Å². The average Bonchev–Trinajstić information content (AvgIpc) is 2.90. The number of nitrogens with zero attached hydrogens (tertiary/aromatic N) is 2. The largest absolute Gasteiger partial charge is 0.329 e. The molecule has 1 aliphatic rings. The molecule has 3 rings (SSSR count). The molecule has 5 heteroatoms. The molecule has 17 heavy (non-hydrogen) atoms. The number of hydrogen-bond acceptors (Lipinski definition) is 2. The highest BCUT2D eigenvalue weighted by molar-refractivity contribution is 5.76. The Morgan fingerprint density at radius 1 is 1.41 bits per heavy atom. The van der Waals surface area contributed by atoms with Gasteiger partial charge in [0.05, 0.1) is 17.1 Å². The maximum atomic E-state index is 13.2. The van der Waals surface area contributed by atoms with Crippen molar-refractivity contribution in [2.45, 2.75) is 12.5 Å². The van der Waals surface area contributed by atoms with Crippen LogP contribution in [-0.4, -0.2) is 22.2 Å². The summed E-state index contributed by atoms with van der Waals surface area (Å²) in [6.45, 7) is 1.73. The van der Waals surface area contributed by atoms with E-state index in [9.17, 15) is 9.18 Å². The van der Waals surface area contributed by atoms with E-state index in [-0.39, 0.29) is 17.5 Å². The number of imidazole rings is 1. The number of aryl methyl sites for hydroxylation is 1. The van der Waals surface area contributed by atoms with Crippen LogP contribution in [0.15, 0.2) is 23.0 Å². The van der Waals surface area contributed by atoms with Gasteiger partial charge in [-0.3, -0.25) is 9.13 Å². The molecule has 90 valence electrons. The molecular weight excluding hydrogens is 221 g/mol. The van der Waals surface area contributed by atoms with Gasteiger partial charge in [0.2, 0.25) is 0 Å². The summed E-state index contributed by atoms with van der Waals surface area (Å²) in [5.41, 5.74) is 1.40. The first-order chi connectivity index (χ1) is 8.18. The maximum Gasteiger partial charge on any atom is 0.329 e.